The number of ether oxygens (including phenoxy) is 2. The number of rotatable bonds is 5. The molecule has 3 heterocycles. The van der Waals surface area contributed by atoms with Crippen molar-refractivity contribution in [1.82, 2.24) is 15.1 Å². The maximum Gasteiger partial charge on any atom is 0.255 e. The summed E-state index contributed by atoms with van der Waals surface area (Å²) in [6, 6.07) is 1.89. The number of amides is 1. The molecule has 0 bridgehead atoms. The third kappa shape index (κ3) is 3.87. The van der Waals surface area contributed by atoms with E-state index in [-0.39, 0.29) is 24.2 Å². The van der Waals surface area contributed by atoms with E-state index in [1.54, 1.807) is 12.3 Å². The van der Waals surface area contributed by atoms with Crippen LogP contribution in [0.15, 0.2) is 18.5 Å². The number of likely N-dealkylation sites (tertiary alicyclic amines) is 1. The van der Waals surface area contributed by atoms with Crippen LogP contribution in [0.3, 0.4) is 0 Å². The van der Waals surface area contributed by atoms with Gasteiger partial charge in [0.25, 0.3) is 5.91 Å². The Morgan fingerprint density at radius 2 is 2.26 bits per heavy atom. The van der Waals surface area contributed by atoms with Crippen molar-refractivity contribution in [3.63, 3.8) is 0 Å². The van der Waals surface area contributed by atoms with E-state index in [1.165, 1.54) is 6.20 Å². The normalized spacial score (nSPS) is 27.3. The summed E-state index contributed by atoms with van der Waals surface area (Å²) in [6.45, 7) is 6.46. The number of carbonyl (C=O) groups excluding carboxylic acids is 1. The Labute approximate surface area is 137 Å². The van der Waals surface area contributed by atoms with E-state index in [2.05, 4.69) is 24.0 Å². The number of carbonyl (C=O) groups is 1. The molecule has 126 valence electrons. The number of hydrogen-bond acceptors (Lipinski definition) is 5. The lowest BCUT2D eigenvalue weighted by Crippen LogP contribution is -2.46. The standard InChI is InChI=1S/C17H25N3O3/c1-12(2)10-22-11-14-3-4-15-16(23-14)6-8-20(15)17(21)13-5-7-18-19-9-13/h5,7,9,12,14-16H,3-4,6,8,10-11H2,1-2H3/t14-,15+,16+/m1/s1. The number of hydrogen-bond donors (Lipinski definition) is 0. The van der Waals surface area contributed by atoms with Gasteiger partial charge in [-0.15, -0.1) is 0 Å². The summed E-state index contributed by atoms with van der Waals surface area (Å²) >= 11 is 0. The van der Waals surface area contributed by atoms with Gasteiger partial charge in [0.2, 0.25) is 0 Å². The molecule has 2 aliphatic heterocycles. The van der Waals surface area contributed by atoms with Gasteiger partial charge in [-0.1, -0.05) is 13.8 Å². The molecule has 0 unspecified atom stereocenters. The molecule has 0 aromatic carbocycles. The second-order valence-electron chi connectivity index (χ2n) is 6.79. The molecule has 6 heteroatoms. The molecule has 0 radical (unpaired) electrons. The minimum atomic E-state index is 0.0329. The Morgan fingerprint density at radius 1 is 1.39 bits per heavy atom. The smallest absolute Gasteiger partial charge is 0.255 e. The van der Waals surface area contributed by atoms with Crippen LogP contribution in [-0.4, -0.2) is 59.0 Å². The van der Waals surface area contributed by atoms with Crippen LogP contribution < -0.4 is 0 Å². The highest BCUT2D eigenvalue weighted by Crippen LogP contribution is 2.32. The topological polar surface area (TPSA) is 64.5 Å². The van der Waals surface area contributed by atoms with Crippen molar-refractivity contribution >= 4 is 5.91 Å². The van der Waals surface area contributed by atoms with Gasteiger partial charge < -0.3 is 14.4 Å². The number of fused-ring (bicyclic) bond motifs is 1. The van der Waals surface area contributed by atoms with Crippen LogP contribution in [0.2, 0.25) is 0 Å². The van der Waals surface area contributed by atoms with Crippen LogP contribution in [0.1, 0.15) is 43.5 Å². The lowest BCUT2D eigenvalue weighted by molar-refractivity contribution is -0.0985. The molecule has 6 nitrogen and oxygen atoms in total. The van der Waals surface area contributed by atoms with E-state index < -0.39 is 0 Å². The summed E-state index contributed by atoms with van der Waals surface area (Å²) in [5.41, 5.74) is 0.600. The first-order chi connectivity index (χ1) is 11.1. The van der Waals surface area contributed by atoms with E-state index in [0.29, 0.717) is 18.1 Å². The van der Waals surface area contributed by atoms with Gasteiger partial charge in [-0.3, -0.25) is 4.79 Å². The fourth-order valence-corrected chi connectivity index (χ4v) is 3.39. The fourth-order valence-electron chi connectivity index (χ4n) is 3.39. The molecule has 2 saturated heterocycles. The van der Waals surface area contributed by atoms with Crippen molar-refractivity contribution in [3.8, 4) is 0 Å². The van der Waals surface area contributed by atoms with Gasteiger partial charge >= 0.3 is 0 Å². The van der Waals surface area contributed by atoms with Crippen molar-refractivity contribution in [2.75, 3.05) is 19.8 Å². The van der Waals surface area contributed by atoms with Crippen molar-refractivity contribution < 1.29 is 14.3 Å². The number of nitrogens with zero attached hydrogens (tertiary/aromatic N) is 3. The van der Waals surface area contributed by atoms with Gasteiger partial charge in [0.15, 0.2) is 0 Å². The quantitative estimate of drug-likeness (QED) is 0.829. The average Bonchev–Trinajstić information content (AvgIpc) is 2.98. The first-order valence-electron chi connectivity index (χ1n) is 8.46. The van der Waals surface area contributed by atoms with Crippen molar-refractivity contribution in [2.24, 2.45) is 5.92 Å². The third-order valence-electron chi connectivity index (χ3n) is 4.48. The molecule has 3 atom stereocenters. The molecule has 2 fully saturated rings. The Balaban J connectivity index is 1.54. The zero-order valence-corrected chi connectivity index (χ0v) is 13.9. The SMILES string of the molecule is CC(C)COC[C@H]1CC[C@H]2[C@H](CCN2C(=O)c2ccnnc2)O1. The van der Waals surface area contributed by atoms with E-state index in [1.807, 2.05) is 4.90 Å². The van der Waals surface area contributed by atoms with Crippen molar-refractivity contribution in [3.05, 3.63) is 24.0 Å². The minimum absolute atomic E-state index is 0.0329. The summed E-state index contributed by atoms with van der Waals surface area (Å²) < 4.78 is 11.9. The van der Waals surface area contributed by atoms with Gasteiger partial charge in [-0.05, 0) is 31.2 Å². The summed E-state index contributed by atoms with van der Waals surface area (Å²) in [5, 5.41) is 7.52. The van der Waals surface area contributed by atoms with Crippen LogP contribution in [0.4, 0.5) is 0 Å². The van der Waals surface area contributed by atoms with Gasteiger partial charge in [-0.2, -0.15) is 10.2 Å². The molecule has 0 N–H and O–H groups in total. The van der Waals surface area contributed by atoms with Crippen molar-refractivity contribution in [1.29, 1.82) is 0 Å². The second kappa shape index (κ2) is 7.36. The average molecular weight is 319 g/mol. The lowest BCUT2D eigenvalue weighted by atomic mass is 9.99. The Morgan fingerprint density at radius 3 is 3.00 bits per heavy atom. The van der Waals surface area contributed by atoms with E-state index in [4.69, 9.17) is 9.47 Å². The minimum Gasteiger partial charge on any atom is -0.378 e. The molecule has 3 rings (SSSR count). The Bertz CT molecular complexity index is 523. The van der Waals surface area contributed by atoms with Crippen LogP contribution in [0, 0.1) is 5.92 Å². The maximum absolute atomic E-state index is 12.6. The molecule has 0 saturated carbocycles. The summed E-state index contributed by atoms with van der Waals surface area (Å²) in [5.74, 6) is 0.574. The third-order valence-corrected chi connectivity index (χ3v) is 4.48. The summed E-state index contributed by atoms with van der Waals surface area (Å²) in [6.07, 6.45) is 6.20. The van der Waals surface area contributed by atoms with E-state index >= 15 is 0 Å². The van der Waals surface area contributed by atoms with Gasteiger partial charge in [-0.25, -0.2) is 0 Å². The largest absolute Gasteiger partial charge is 0.378 e. The van der Waals surface area contributed by atoms with Gasteiger partial charge in [0.1, 0.15) is 0 Å². The monoisotopic (exact) mass is 319 g/mol. The molecule has 2 aliphatic rings. The maximum atomic E-state index is 12.6. The Hall–Kier alpha value is -1.53. The first kappa shape index (κ1) is 16.3. The van der Waals surface area contributed by atoms with Crippen LogP contribution in [0.25, 0.3) is 0 Å². The molecule has 23 heavy (non-hydrogen) atoms. The second-order valence-corrected chi connectivity index (χ2v) is 6.79. The highest BCUT2D eigenvalue weighted by atomic mass is 16.5. The fraction of sp³-hybridized carbons (Fsp3) is 0.706. The zero-order chi connectivity index (χ0) is 16.2. The highest BCUT2D eigenvalue weighted by molar-refractivity contribution is 5.94. The number of aromatic nitrogens is 2. The molecule has 0 aliphatic carbocycles. The molecular formula is C17H25N3O3. The molecule has 1 amide bonds. The highest BCUT2D eigenvalue weighted by Gasteiger charge is 2.42. The van der Waals surface area contributed by atoms with E-state index in [9.17, 15) is 4.79 Å². The van der Waals surface area contributed by atoms with E-state index in [0.717, 1.165) is 32.4 Å². The van der Waals surface area contributed by atoms with Gasteiger partial charge in [0.05, 0.1) is 42.8 Å². The van der Waals surface area contributed by atoms with Crippen molar-refractivity contribution in [2.45, 2.75) is 51.4 Å². The molecular weight excluding hydrogens is 294 g/mol. The zero-order valence-electron chi connectivity index (χ0n) is 13.9. The Kier molecular flexibility index (Phi) is 5.23. The van der Waals surface area contributed by atoms with Crippen LogP contribution in [0.5, 0.6) is 0 Å². The predicted octanol–water partition coefficient (Wildman–Crippen LogP) is 1.91. The lowest BCUT2D eigenvalue weighted by Gasteiger charge is -2.36. The van der Waals surface area contributed by atoms with Crippen LogP contribution >= 0.6 is 0 Å². The summed E-state index contributed by atoms with van der Waals surface area (Å²) in [7, 11) is 0. The summed E-state index contributed by atoms with van der Waals surface area (Å²) in [4.78, 5) is 14.5. The van der Waals surface area contributed by atoms with Gasteiger partial charge in [0, 0.05) is 13.2 Å². The molecule has 1 aromatic rings. The van der Waals surface area contributed by atoms with Crippen LogP contribution in [-0.2, 0) is 9.47 Å². The molecule has 0 spiro atoms. The first-order valence-corrected chi connectivity index (χ1v) is 8.46. The predicted molar refractivity (Wildman–Crippen MR) is 85.0 cm³/mol. The molecule has 1 aromatic heterocycles.